The van der Waals surface area contributed by atoms with E-state index in [9.17, 15) is 5.11 Å². The standard InChI is InChI=1S/C25H25BrN2O3/c1-3-31-24-10-5-4-9-19(24)25-27-21(16-7-6-8-18(13-16)30-2)15-22(28-25)20-14-17(26)11-12-23(20)29/h4-14,22,25,28-29H,3,15H2,1-2H3/t22-,25-/m0/s1. The van der Waals surface area contributed by atoms with E-state index in [1.54, 1.807) is 13.2 Å². The molecule has 5 nitrogen and oxygen atoms in total. The molecule has 0 amide bonds. The van der Waals surface area contributed by atoms with E-state index in [4.69, 9.17) is 14.5 Å². The van der Waals surface area contributed by atoms with E-state index < -0.39 is 0 Å². The number of rotatable bonds is 6. The van der Waals surface area contributed by atoms with Crippen LogP contribution in [-0.4, -0.2) is 24.5 Å². The molecule has 1 aliphatic rings. The topological polar surface area (TPSA) is 63.1 Å². The predicted octanol–water partition coefficient (Wildman–Crippen LogP) is 5.78. The van der Waals surface area contributed by atoms with Gasteiger partial charge in [0.05, 0.1) is 13.7 Å². The van der Waals surface area contributed by atoms with Crippen LogP contribution in [0.3, 0.4) is 0 Å². The Morgan fingerprint density at radius 2 is 1.90 bits per heavy atom. The predicted molar refractivity (Wildman–Crippen MR) is 126 cm³/mol. The van der Waals surface area contributed by atoms with E-state index in [1.807, 2.05) is 67.6 Å². The first-order valence-electron chi connectivity index (χ1n) is 10.3. The molecule has 1 aliphatic heterocycles. The fourth-order valence-corrected chi connectivity index (χ4v) is 4.22. The van der Waals surface area contributed by atoms with Gasteiger partial charge in [0.15, 0.2) is 0 Å². The maximum atomic E-state index is 10.6. The van der Waals surface area contributed by atoms with Crippen LogP contribution in [0.15, 0.2) is 76.2 Å². The van der Waals surface area contributed by atoms with Crippen molar-refractivity contribution in [1.82, 2.24) is 5.32 Å². The Morgan fingerprint density at radius 3 is 2.71 bits per heavy atom. The van der Waals surface area contributed by atoms with Gasteiger partial charge in [-0.05, 0) is 48.9 Å². The van der Waals surface area contributed by atoms with E-state index in [2.05, 4.69) is 21.2 Å². The van der Waals surface area contributed by atoms with Crippen LogP contribution in [-0.2, 0) is 0 Å². The molecule has 0 bridgehead atoms. The maximum absolute atomic E-state index is 10.6. The Hall–Kier alpha value is -2.83. The minimum absolute atomic E-state index is 0.129. The second-order valence-electron chi connectivity index (χ2n) is 7.31. The number of phenolic OH excluding ortho intramolecular Hbond substituents is 1. The van der Waals surface area contributed by atoms with E-state index in [0.29, 0.717) is 13.0 Å². The summed E-state index contributed by atoms with van der Waals surface area (Å²) < 4.78 is 12.2. The number of ether oxygens (including phenoxy) is 2. The van der Waals surface area contributed by atoms with Crippen molar-refractivity contribution in [3.8, 4) is 17.2 Å². The Kier molecular flexibility index (Phi) is 6.59. The highest BCUT2D eigenvalue weighted by Crippen LogP contribution is 2.38. The Morgan fingerprint density at radius 1 is 1.06 bits per heavy atom. The molecule has 1 heterocycles. The Bertz CT molecular complexity index is 1100. The van der Waals surface area contributed by atoms with Gasteiger partial charge in [-0.2, -0.15) is 0 Å². The molecule has 0 fully saturated rings. The van der Waals surface area contributed by atoms with Crippen LogP contribution < -0.4 is 14.8 Å². The lowest BCUT2D eigenvalue weighted by Crippen LogP contribution is -2.33. The third-order valence-corrected chi connectivity index (χ3v) is 5.82. The molecular formula is C25H25BrN2O3. The van der Waals surface area contributed by atoms with E-state index in [1.165, 1.54) is 0 Å². The molecule has 0 unspecified atom stereocenters. The smallest absolute Gasteiger partial charge is 0.129 e. The van der Waals surface area contributed by atoms with Gasteiger partial charge in [-0.3, -0.25) is 10.3 Å². The summed E-state index contributed by atoms with van der Waals surface area (Å²) in [4.78, 5) is 5.05. The third-order valence-electron chi connectivity index (χ3n) is 5.32. The van der Waals surface area contributed by atoms with Gasteiger partial charge in [0, 0.05) is 33.8 Å². The molecule has 0 saturated heterocycles. The van der Waals surface area contributed by atoms with Crippen LogP contribution in [0, 0.1) is 0 Å². The summed E-state index contributed by atoms with van der Waals surface area (Å²) in [5.41, 5.74) is 3.73. The van der Waals surface area contributed by atoms with Gasteiger partial charge >= 0.3 is 0 Å². The number of aliphatic imine (C=N–C) groups is 1. The van der Waals surface area contributed by atoms with E-state index in [0.717, 1.165) is 38.4 Å². The molecule has 0 aromatic heterocycles. The van der Waals surface area contributed by atoms with Crippen molar-refractivity contribution in [2.24, 2.45) is 4.99 Å². The molecule has 0 spiro atoms. The van der Waals surface area contributed by atoms with Crippen LogP contribution in [0.2, 0.25) is 0 Å². The van der Waals surface area contributed by atoms with E-state index >= 15 is 0 Å². The zero-order chi connectivity index (χ0) is 21.8. The zero-order valence-corrected chi connectivity index (χ0v) is 19.1. The Labute approximate surface area is 190 Å². The minimum Gasteiger partial charge on any atom is -0.508 e. The van der Waals surface area contributed by atoms with Gasteiger partial charge in [-0.1, -0.05) is 46.3 Å². The highest BCUT2D eigenvalue weighted by Gasteiger charge is 2.29. The largest absolute Gasteiger partial charge is 0.508 e. The summed E-state index contributed by atoms with van der Waals surface area (Å²) in [5, 5.41) is 14.2. The highest BCUT2D eigenvalue weighted by molar-refractivity contribution is 9.10. The van der Waals surface area contributed by atoms with Crippen molar-refractivity contribution in [3.63, 3.8) is 0 Å². The number of phenols is 1. The molecule has 3 aromatic rings. The molecule has 6 heteroatoms. The SMILES string of the molecule is CCOc1ccccc1[C@H]1N=C(c2cccc(OC)c2)C[C@@H](c2cc(Br)ccc2O)N1. The molecule has 4 rings (SSSR count). The average molecular weight is 481 g/mol. The van der Waals surface area contributed by atoms with Gasteiger partial charge in [0.2, 0.25) is 0 Å². The third kappa shape index (κ3) is 4.75. The number of para-hydroxylation sites is 1. The van der Waals surface area contributed by atoms with Gasteiger partial charge in [0.25, 0.3) is 0 Å². The number of aromatic hydroxyl groups is 1. The number of methoxy groups -OCH3 is 1. The van der Waals surface area contributed by atoms with Gasteiger partial charge < -0.3 is 14.6 Å². The van der Waals surface area contributed by atoms with Crippen LogP contribution in [0.1, 0.15) is 42.2 Å². The van der Waals surface area contributed by atoms with Crippen LogP contribution in [0.25, 0.3) is 0 Å². The van der Waals surface area contributed by atoms with Crippen molar-refractivity contribution >= 4 is 21.6 Å². The summed E-state index contributed by atoms with van der Waals surface area (Å²) in [7, 11) is 1.66. The summed E-state index contributed by atoms with van der Waals surface area (Å²) in [6.45, 7) is 2.55. The molecule has 160 valence electrons. The first kappa shape index (κ1) is 21.4. The van der Waals surface area contributed by atoms with Crippen molar-refractivity contribution in [2.45, 2.75) is 25.6 Å². The first-order chi connectivity index (χ1) is 15.1. The monoisotopic (exact) mass is 480 g/mol. The second-order valence-corrected chi connectivity index (χ2v) is 8.22. The molecule has 31 heavy (non-hydrogen) atoms. The normalized spacial score (nSPS) is 18.4. The van der Waals surface area contributed by atoms with E-state index in [-0.39, 0.29) is 18.0 Å². The maximum Gasteiger partial charge on any atom is 0.129 e. The molecule has 3 aromatic carbocycles. The first-order valence-corrected chi connectivity index (χ1v) is 11.1. The number of hydrogen-bond acceptors (Lipinski definition) is 5. The van der Waals surface area contributed by atoms with Gasteiger partial charge in [0.1, 0.15) is 23.4 Å². The fourth-order valence-electron chi connectivity index (χ4n) is 3.84. The van der Waals surface area contributed by atoms with Crippen molar-refractivity contribution in [2.75, 3.05) is 13.7 Å². The number of nitrogens with zero attached hydrogens (tertiary/aromatic N) is 1. The Balaban J connectivity index is 1.80. The number of hydrogen-bond donors (Lipinski definition) is 2. The molecule has 0 aliphatic carbocycles. The van der Waals surface area contributed by atoms with Gasteiger partial charge in [-0.25, -0.2) is 0 Å². The highest BCUT2D eigenvalue weighted by atomic mass is 79.9. The zero-order valence-electron chi connectivity index (χ0n) is 17.5. The summed E-state index contributed by atoms with van der Waals surface area (Å²) >= 11 is 3.53. The minimum atomic E-state index is -0.318. The molecule has 2 N–H and O–H groups in total. The second kappa shape index (κ2) is 9.54. The number of halogens is 1. The summed E-state index contributed by atoms with van der Waals surface area (Å²) in [6.07, 6.45) is 0.311. The summed E-state index contributed by atoms with van der Waals surface area (Å²) in [5.74, 6) is 1.84. The van der Waals surface area contributed by atoms with Crippen LogP contribution in [0.5, 0.6) is 17.2 Å². The average Bonchev–Trinajstić information content (AvgIpc) is 2.81. The fraction of sp³-hybridized carbons (Fsp3) is 0.240. The van der Waals surface area contributed by atoms with Gasteiger partial charge in [-0.15, -0.1) is 0 Å². The molecule has 0 radical (unpaired) electrons. The number of benzene rings is 3. The molecule has 2 atom stereocenters. The molecular weight excluding hydrogens is 456 g/mol. The summed E-state index contributed by atoms with van der Waals surface area (Å²) in [6, 6.07) is 21.2. The molecule has 0 saturated carbocycles. The van der Waals surface area contributed by atoms with Crippen LogP contribution >= 0.6 is 15.9 Å². The van der Waals surface area contributed by atoms with Crippen LogP contribution in [0.4, 0.5) is 0 Å². The lowest BCUT2D eigenvalue weighted by atomic mass is 9.93. The van der Waals surface area contributed by atoms with Crippen molar-refractivity contribution in [1.29, 1.82) is 0 Å². The lowest BCUT2D eigenvalue weighted by molar-refractivity contribution is 0.327. The quantitative estimate of drug-likeness (QED) is 0.468. The number of nitrogens with one attached hydrogen (secondary N) is 1. The van der Waals surface area contributed by atoms with Crippen molar-refractivity contribution in [3.05, 3.63) is 87.9 Å². The van der Waals surface area contributed by atoms with Crippen molar-refractivity contribution < 1.29 is 14.6 Å². The lowest BCUT2D eigenvalue weighted by Gasteiger charge is -2.31.